The first-order chi connectivity index (χ1) is 4.84. The van der Waals surface area contributed by atoms with Crippen LogP contribution in [0.4, 0.5) is 0 Å². The van der Waals surface area contributed by atoms with Crippen molar-refractivity contribution in [3.8, 4) is 0 Å². The van der Waals surface area contributed by atoms with Gasteiger partial charge in [-0.3, -0.25) is 0 Å². The molecule has 0 aromatic heterocycles. The molecule has 1 unspecified atom stereocenters. The standard InChI is InChI=1S/C6H11Cl3O2/c1-4(2)3-11-5(10)6(7,8)9/h4-5,10H,3H2,1-2H3. The van der Waals surface area contributed by atoms with E-state index >= 15 is 0 Å². The van der Waals surface area contributed by atoms with Gasteiger partial charge < -0.3 is 9.84 Å². The average molecular weight is 222 g/mol. The number of alkyl halides is 3. The maximum atomic E-state index is 9.02. The van der Waals surface area contributed by atoms with Crippen LogP contribution >= 0.6 is 34.8 Å². The number of hydrogen-bond donors (Lipinski definition) is 1. The molecule has 5 heteroatoms. The second kappa shape index (κ2) is 4.73. The highest BCUT2D eigenvalue weighted by atomic mass is 35.6. The molecule has 1 atom stereocenters. The second-order valence-corrected chi connectivity index (χ2v) is 4.99. The van der Waals surface area contributed by atoms with E-state index in [1.54, 1.807) is 0 Å². The van der Waals surface area contributed by atoms with Crippen molar-refractivity contribution in [2.24, 2.45) is 5.92 Å². The molecular weight excluding hydrogens is 210 g/mol. The van der Waals surface area contributed by atoms with E-state index in [9.17, 15) is 0 Å². The van der Waals surface area contributed by atoms with Crippen LogP contribution in [0.25, 0.3) is 0 Å². The molecule has 0 saturated heterocycles. The maximum Gasteiger partial charge on any atom is 0.240 e. The van der Waals surface area contributed by atoms with Crippen LogP contribution in [0.3, 0.4) is 0 Å². The van der Waals surface area contributed by atoms with Crippen molar-refractivity contribution in [2.45, 2.75) is 23.9 Å². The summed E-state index contributed by atoms with van der Waals surface area (Å²) in [4.78, 5) is 0. The van der Waals surface area contributed by atoms with Gasteiger partial charge in [0.25, 0.3) is 0 Å². The molecular formula is C6H11Cl3O2. The van der Waals surface area contributed by atoms with Gasteiger partial charge in [0.1, 0.15) is 0 Å². The molecule has 0 aliphatic rings. The van der Waals surface area contributed by atoms with E-state index in [4.69, 9.17) is 44.6 Å². The van der Waals surface area contributed by atoms with Crippen molar-refractivity contribution >= 4 is 34.8 Å². The minimum Gasteiger partial charge on any atom is -0.365 e. The number of aliphatic hydroxyl groups is 1. The first-order valence-corrected chi connectivity index (χ1v) is 4.34. The van der Waals surface area contributed by atoms with Gasteiger partial charge in [0.05, 0.1) is 6.61 Å². The summed E-state index contributed by atoms with van der Waals surface area (Å²) in [5, 5.41) is 9.02. The highest BCUT2D eigenvalue weighted by Gasteiger charge is 2.31. The number of halogens is 3. The first-order valence-electron chi connectivity index (χ1n) is 3.20. The summed E-state index contributed by atoms with van der Waals surface area (Å²) in [7, 11) is 0. The van der Waals surface area contributed by atoms with Crippen LogP contribution in [0.1, 0.15) is 13.8 Å². The van der Waals surface area contributed by atoms with E-state index in [1.807, 2.05) is 13.8 Å². The van der Waals surface area contributed by atoms with Gasteiger partial charge >= 0.3 is 0 Å². The van der Waals surface area contributed by atoms with Crippen LogP contribution in [-0.2, 0) is 4.74 Å². The summed E-state index contributed by atoms with van der Waals surface area (Å²) in [6.07, 6.45) is -1.35. The molecule has 0 rings (SSSR count). The van der Waals surface area contributed by atoms with Gasteiger partial charge in [-0.15, -0.1) is 0 Å². The molecule has 68 valence electrons. The third-order valence-corrected chi connectivity index (χ3v) is 1.43. The Morgan fingerprint density at radius 1 is 1.36 bits per heavy atom. The molecule has 0 spiro atoms. The Labute approximate surface area is 81.4 Å². The van der Waals surface area contributed by atoms with Crippen molar-refractivity contribution in [1.82, 2.24) is 0 Å². The SMILES string of the molecule is CC(C)COC(O)C(Cl)(Cl)Cl. The Balaban J connectivity index is 3.61. The van der Waals surface area contributed by atoms with Gasteiger partial charge in [0.15, 0.2) is 0 Å². The molecule has 0 radical (unpaired) electrons. The third kappa shape index (κ3) is 6.00. The largest absolute Gasteiger partial charge is 0.365 e. The quantitative estimate of drug-likeness (QED) is 0.586. The lowest BCUT2D eigenvalue weighted by Gasteiger charge is -2.19. The fourth-order valence-corrected chi connectivity index (χ4v) is 0.567. The molecule has 0 aliphatic carbocycles. The predicted octanol–water partition coefficient (Wildman–Crippen LogP) is 2.35. The zero-order chi connectivity index (χ0) is 9.07. The lowest BCUT2D eigenvalue weighted by molar-refractivity contribution is -0.103. The minimum absolute atomic E-state index is 0.303. The summed E-state index contributed by atoms with van der Waals surface area (Å²) in [5.74, 6) is 0.303. The van der Waals surface area contributed by atoms with Gasteiger partial charge in [0, 0.05) is 0 Å². The maximum absolute atomic E-state index is 9.02. The molecule has 0 aliphatic heterocycles. The van der Waals surface area contributed by atoms with Gasteiger partial charge in [0.2, 0.25) is 10.1 Å². The van der Waals surface area contributed by atoms with Gasteiger partial charge in [-0.1, -0.05) is 48.7 Å². The van der Waals surface area contributed by atoms with Gasteiger partial charge in [-0.05, 0) is 5.92 Å². The van der Waals surface area contributed by atoms with Crippen molar-refractivity contribution in [3.05, 3.63) is 0 Å². The Morgan fingerprint density at radius 2 is 1.82 bits per heavy atom. The summed E-state index contributed by atoms with van der Waals surface area (Å²) in [6.45, 7) is 4.24. The molecule has 0 aromatic carbocycles. The molecule has 0 heterocycles. The smallest absolute Gasteiger partial charge is 0.240 e. The summed E-state index contributed by atoms with van der Waals surface area (Å²) in [5.41, 5.74) is 0. The lowest BCUT2D eigenvalue weighted by atomic mass is 10.2. The molecule has 1 N–H and O–H groups in total. The zero-order valence-electron chi connectivity index (χ0n) is 6.35. The Hall–Kier alpha value is 0.790. The average Bonchev–Trinajstić information content (AvgIpc) is 1.80. The normalized spacial score (nSPS) is 15.5. The fraction of sp³-hybridized carbons (Fsp3) is 1.00. The van der Waals surface area contributed by atoms with Crippen LogP contribution in [0, 0.1) is 5.92 Å². The minimum atomic E-state index is -1.76. The van der Waals surface area contributed by atoms with Crippen molar-refractivity contribution in [2.75, 3.05) is 6.61 Å². The van der Waals surface area contributed by atoms with Crippen molar-refractivity contribution in [3.63, 3.8) is 0 Å². The highest BCUT2D eigenvalue weighted by Crippen LogP contribution is 2.30. The van der Waals surface area contributed by atoms with E-state index in [1.165, 1.54) is 0 Å². The van der Waals surface area contributed by atoms with E-state index in [0.29, 0.717) is 12.5 Å². The van der Waals surface area contributed by atoms with E-state index in [-0.39, 0.29) is 0 Å². The van der Waals surface area contributed by atoms with E-state index in [0.717, 1.165) is 0 Å². The van der Waals surface area contributed by atoms with Crippen LogP contribution in [0.2, 0.25) is 0 Å². The van der Waals surface area contributed by atoms with E-state index < -0.39 is 10.1 Å². The highest BCUT2D eigenvalue weighted by molar-refractivity contribution is 6.67. The molecule has 0 amide bonds. The fourth-order valence-electron chi connectivity index (χ4n) is 0.378. The molecule has 0 aromatic rings. The van der Waals surface area contributed by atoms with Crippen LogP contribution in [0.15, 0.2) is 0 Å². The predicted molar refractivity (Wildman–Crippen MR) is 47.1 cm³/mol. The van der Waals surface area contributed by atoms with Crippen LogP contribution in [0.5, 0.6) is 0 Å². The summed E-state index contributed by atoms with van der Waals surface area (Å²) in [6, 6.07) is 0. The van der Waals surface area contributed by atoms with Crippen molar-refractivity contribution in [1.29, 1.82) is 0 Å². The molecule has 0 fully saturated rings. The van der Waals surface area contributed by atoms with Gasteiger partial charge in [-0.25, -0.2) is 0 Å². The zero-order valence-corrected chi connectivity index (χ0v) is 8.62. The Kier molecular flexibility index (Phi) is 5.07. The van der Waals surface area contributed by atoms with E-state index in [2.05, 4.69) is 0 Å². The summed E-state index contributed by atoms with van der Waals surface area (Å²) >= 11 is 16.0. The van der Waals surface area contributed by atoms with Crippen molar-refractivity contribution < 1.29 is 9.84 Å². The number of rotatable bonds is 3. The van der Waals surface area contributed by atoms with Gasteiger partial charge in [-0.2, -0.15) is 0 Å². The molecule has 11 heavy (non-hydrogen) atoms. The number of aliphatic hydroxyl groups excluding tert-OH is 1. The molecule has 0 saturated carbocycles. The Bertz CT molecular complexity index is 111. The third-order valence-electron chi connectivity index (χ3n) is 0.867. The Morgan fingerprint density at radius 3 is 2.09 bits per heavy atom. The topological polar surface area (TPSA) is 29.5 Å². The molecule has 2 nitrogen and oxygen atoms in total. The first kappa shape index (κ1) is 11.8. The lowest BCUT2D eigenvalue weighted by Crippen LogP contribution is -2.29. The number of ether oxygens (including phenoxy) is 1. The van der Waals surface area contributed by atoms with Crippen LogP contribution < -0.4 is 0 Å². The monoisotopic (exact) mass is 220 g/mol. The summed E-state index contributed by atoms with van der Waals surface area (Å²) < 4.78 is 3.07. The second-order valence-electron chi connectivity index (χ2n) is 2.62. The molecule has 0 bridgehead atoms. The van der Waals surface area contributed by atoms with Crippen LogP contribution in [-0.4, -0.2) is 21.8 Å². The number of hydrogen-bond acceptors (Lipinski definition) is 2.